The highest BCUT2D eigenvalue weighted by Gasteiger charge is 2.29. The number of hydrogen-bond acceptors (Lipinski definition) is 6. The Morgan fingerprint density at radius 1 is 1.10 bits per heavy atom. The van der Waals surface area contributed by atoms with E-state index in [1.807, 2.05) is 12.1 Å². The maximum Gasteiger partial charge on any atom is 0.272 e. The number of carbonyl (C=O) groups is 1. The lowest BCUT2D eigenvalue weighted by atomic mass is 10.2. The maximum absolute atomic E-state index is 12.7. The first-order chi connectivity index (χ1) is 14.2. The third-order valence-electron chi connectivity index (χ3n) is 4.89. The van der Waals surface area contributed by atoms with Gasteiger partial charge in [0.25, 0.3) is 5.91 Å². The highest BCUT2D eigenvalue weighted by molar-refractivity contribution is 7.92. The molecular formula is C19H20N4O5S2. The number of sulfone groups is 1. The molecule has 30 heavy (non-hydrogen) atoms. The van der Waals surface area contributed by atoms with Gasteiger partial charge in [0.05, 0.1) is 17.0 Å². The molecule has 158 valence electrons. The molecule has 3 aromatic rings. The molecule has 0 bridgehead atoms. The molecule has 2 aromatic heterocycles. The molecule has 0 unspecified atom stereocenters. The summed E-state index contributed by atoms with van der Waals surface area (Å²) in [4.78, 5) is 16.6. The Labute approximate surface area is 174 Å². The van der Waals surface area contributed by atoms with Gasteiger partial charge in [-0.15, -0.1) is 0 Å². The molecule has 1 amide bonds. The molecule has 1 aliphatic heterocycles. The lowest BCUT2D eigenvalue weighted by Gasteiger charge is -2.19. The normalized spacial score (nSPS) is 14.1. The van der Waals surface area contributed by atoms with Crippen molar-refractivity contribution in [3.05, 3.63) is 59.9 Å². The van der Waals surface area contributed by atoms with Gasteiger partial charge in [-0.1, -0.05) is 24.3 Å². The van der Waals surface area contributed by atoms with Gasteiger partial charge in [-0.3, -0.25) is 13.5 Å². The number of amides is 1. The average molecular weight is 449 g/mol. The number of hydrogen-bond donors (Lipinski definition) is 1. The number of fused-ring (bicyclic) bond motifs is 2. The third-order valence-corrected chi connectivity index (χ3v) is 7.61. The second kappa shape index (κ2) is 7.40. The summed E-state index contributed by atoms with van der Waals surface area (Å²) in [5, 5.41) is 2.30. The molecule has 0 radical (unpaired) electrons. The molecule has 0 saturated carbocycles. The van der Waals surface area contributed by atoms with Crippen LogP contribution in [-0.4, -0.2) is 57.2 Å². The third kappa shape index (κ3) is 3.65. The zero-order chi connectivity index (χ0) is 21.5. The number of carbonyl (C=O) groups excluding carboxylic acids is 1. The predicted octanol–water partition coefficient (Wildman–Crippen LogP) is 0.860. The van der Waals surface area contributed by atoms with E-state index in [0.717, 1.165) is 11.8 Å². The van der Waals surface area contributed by atoms with E-state index in [0.29, 0.717) is 24.2 Å². The molecule has 0 saturated heterocycles. The molecule has 0 fully saturated rings. The van der Waals surface area contributed by atoms with Gasteiger partial charge in [-0.2, -0.15) is 0 Å². The molecule has 9 nitrogen and oxygen atoms in total. The lowest BCUT2D eigenvalue weighted by molar-refractivity contribution is 0.0953. The van der Waals surface area contributed by atoms with Crippen molar-refractivity contribution in [2.24, 2.45) is 0 Å². The van der Waals surface area contributed by atoms with Crippen LogP contribution < -0.4 is 9.62 Å². The Kier molecular flexibility index (Phi) is 5.02. The summed E-state index contributed by atoms with van der Waals surface area (Å²) in [6.07, 6.45) is 3.17. The molecule has 3 heterocycles. The van der Waals surface area contributed by atoms with Gasteiger partial charge in [-0.25, -0.2) is 21.8 Å². The smallest absolute Gasteiger partial charge is 0.272 e. The summed E-state index contributed by atoms with van der Waals surface area (Å²) in [5.41, 5.74) is 1.90. The number of aromatic nitrogens is 2. The standard InChI is InChI=1S/C19H20N4O5S2/c1-29(25,26)19-21-17(16-8-4-5-11-22(16)19)18(24)20-10-13-30(27,28)23-12-9-14-6-2-3-7-15(14)23/h2-8,11H,9-10,12-13H2,1H3,(H,20,24). The number of sulfonamides is 1. The molecule has 1 N–H and O–H groups in total. The molecule has 0 spiro atoms. The largest absolute Gasteiger partial charge is 0.350 e. The van der Waals surface area contributed by atoms with E-state index in [4.69, 9.17) is 0 Å². The Morgan fingerprint density at radius 3 is 2.60 bits per heavy atom. The van der Waals surface area contributed by atoms with Crippen LogP contribution in [0.3, 0.4) is 0 Å². The van der Waals surface area contributed by atoms with Gasteiger partial charge in [-0.05, 0) is 30.2 Å². The minimum absolute atomic E-state index is 0.0695. The minimum Gasteiger partial charge on any atom is -0.350 e. The zero-order valence-corrected chi connectivity index (χ0v) is 17.8. The van der Waals surface area contributed by atoms with Crippen molar-refractivity contribution in [2.75, 3.05) is 29.4 Å². The number of nitrogens with one attached hydrogen (secondary N) is 1. The fourth-order valence-corrected chi connectivity index (χ4v) is 5.72. The van der Waals surface area contributed by atoms with E-state index < -0.39 is 25.8 Å². The molecule has 0 aliphatic carbocycles. The summed E-state index contributed by atoms with van der Waals surface area (Å²) in [6.45, 7) is 0.249. The number of pyridine rings is 1. The number of nitrogens with zero attached hydrogens (tertiary/aromatic N) is 3. The summed E-state index contributed by atoms with van der Waals surface area (Å²) >= 11 is 0. The van der Waals surface area contributed by atoms with E-state index in [2.05, 4.69) is 10.3 Å². The second-order valence-corrected chi connectivity index (χ2v) is 10.9. The SMILES string of the molecule is CS(=O)(=O)c1nc(C(=O)NCCS(=O)(=O)N2CCc3ccccc32)c2ccccn12. The van der Waals surface area contributed by atoms with Crippen molar-refractivity contribution in [1.82, 2.24) is 14.7 Å². The van der Waals surface area contributed by atoms with E-state index >= 15 is 0 Å². The van der Waals surface area contributed by atoms with Gasteiger partial charge in [0, 0.05) is 25.5 Å². The number of imidazole rings is 1. The van der Waals surface area contributed by atoms with Gasteiger partial charge in [0.1, 0.15) is 0 Å². The number of anilines is 1. The Morgan fingerprint density at radius 2 is 1.83 bits per heavy atom. The predicted molar refractivity (Wildman–Crippen MR) is 112 cm³/mol. The number of rotatable bonds is 6. The van der Waals surface area contributed by atoms with E-state index in [9.17, 15) is 21.6 Å². The number of para-hydroxylation sites is 1. The molecule has 4 rings (SSSR count). The summed E-state index contributed by atoms with van der Waals surface area (Å²) in [7, 11) is -7.27. The molecule has 0 atom stereocenters. The van der Waals surface area contributed by atoms with Crippen LogP contribution in [0.1, 0.15) is 16.1 Å². The van der Waals surface area contributed by atoms with Crippen molar-refractivity contribution in [3.8, 4) is 0 Å². The van der Waals surface area contributed by atoms with Crippen molar-refractivity contribution < 1.29 is 21.6 Å². The van der Waals surface area contributed by atoms with Gasteiger partial charge in [0.2, 0.25) is 25.0 Å². The van der Waals surface area contributed by atoms with Crippen LogP contribution in [0.15, 0.2) is 53.8 Å². The topological polar surface area (TPSA) is 118 Å². The molecule has 11 heteroatoms. The average Bonchev–Trinajstić information content (AvgIpc) is 3.30. The fraction of sp³-hybridized carbons (Fsp3) is 0.263. The first kappa shape index (κ1) is 20.4. The summed E-state index contributed by atoms with van der Waals surface area (Å²) in [5.74, 6) is -0.914. The fourth-order valence-electron chi connectivity index (χ4n) is 3.52. The van der Waals surface area contributed by atoms with Crippen LogP contribution in [0.25, 0.3) is 5.52 Å². The molecule has 1 aromatic carbocycles. The van der Waals surface area contributed by atoms with Crippen molar-refractivity contribution in [3.63, 3.8) is 0 Å². The summed E-state index contributed by atoms with van der Waals surface area (Å²) in [6, 6.07) is 12.2. The maximum atomic E-state index is 12.7. The van der Waals surface area contributed by atoms with Gasteiger partial charge >= 0.3 is 0 Å². The monoisotopic (exact) mass is 448 g/mol. The number of benzene rings is 1. The van der Waals surface area contributed by atoms with Gasteiger partial charge in [0.15, 0.2) is 5.69 Å². The van der Waals surface area contributed by atoms with Crippen molar-refractivity contribution >= 4 is 37.0 Å². The molecular weight excluding hydrogens is 428 g/mol. The zero-order valence-electron chi connectivity index (χ0n) is 16.1. The summed E-state index contributed by atoms with van der Waals surface area (Å²) < 4.78 is 52.1. The minimum atomic E-state index is -3.66. The van der Waals surface area contributed by atoms with Gasteiger partial charge < -0.3 is 5.32 Å². The van der Waals surface area contributed by atoms with Crippen molar-refractivity contribution in [1.29, 1.82) is 0 Å². The first-order valence-electron chi connectivity index (χ1n) is 9.22. The molecule has 1 aliphatic rings. The van der Waals surface area contributed by atoms with Crippen LogP contribution in [-0.2, 0) is 26.3 Å². The van der Waals surface area contributed by atoms with Crippen LogP contribution in [0.4, 0.5) is 5.69 Å². The Bertz CT molecular complexity index is 1350. The highest BCUT2D eigenvalue weighted by atomic mass is 32.2. The second-order valence-electron chi connectivity index (χ2n) is 6.99. The highest BCUT2D eigenvalue weighted by Crippen LogP contribution is 2.29. The quantitative estimate of drug-likeness (QED) is 0.598. The Balaban J connectivity index is 1.50. The Hall–Kier alpha value is -2.92. The van der Waals surface area contributed by atoms with Crippen LogP contribution in [0.5, 0.6) is 0 Å². The van der Waals surface area contributed by atoms with Crippen LogP contribution in [0, 0.1) is 0 Å². The van der Waals surface area contributed by atoms with E-state index in [1.165, 1.54) is 14.9 Å². The van der Waals surface area contributed by atoms with Crippen LogP contribution >= 0.6 is 0 Å². The van der Waals surface area contributed by atoms with Crippen LogP contribution in [0.2, 0.25) is 0 Å². The van der Waals surface area contributed by atoms with Crippen molar-refractivity contribution in [2.45, 2.75) is 11.6 Å². The lowest BCUT2D eigenvalue weighted by Crippen LogP contribution is -2.37. The first-order valence-corrected chi connectivity index (χ1v) is 12.7. The van der Waals surface area contributed by atoms with E-state index in [1.54, 1.807) is 30.3 Å². The van der Waals surface area contributed by atoms with E-state index in [-0.39, 0.29) is 23.1 Å².